The number of hydrogen-bond donors (Lipinski definition) is 1. The van der Waals surface area contributed by atoms with Crippen LogP contribution in [0.15, 0.2) is 6.20 Å². The quantitative estimate of drug-likeness (QED) is 0.585. The van der Waals surface area contributed by atoms with Crippen molar-refractivity contribution in [3.8, 4) is 0 Å². The zero-order valence-electron chi connectivity index (χ0n) is 16.8. The molecule has 0 spiro atoms. The van der Waals surface area contributed by atoms with Gasteiger partial charge in [0.05, 0.1) is 12.7 Å². The first-order valence-corrected chi connectivity index (χ1v) is 13.7. The van der Waals surface area contributed by atoms with Crippen molar-refractivity contribution in [2.24, 2.45) is 0 Å². The van der Waals surface area contributed by atoms with Gasteiger partial charge in [0.15, 0.2) is 0 Å². The Morgan fingerprint density at radius 1 is 1.31 bits per heavy atom. The van der Waals surface area contributed by atoms with Crippen LogP contribution >= 0.6 is 0 Å². The molecule has 1 saturated carbocycles. The molecule has 6 nitrogen and oxygen atoms in total. The fourth-order valence-corrected chi connectivity index (χ4v) is 4.67. The van der Waals surface area contributed by atoms with Crippen LogP contribution in [-0.4, -0.2) is 53.9 Å². The second kappa shape index (κ2) is 8.23. The van der Waals surface area contributed by atoms with Crippen LogP contribution in [0.1, 0.15) is 36.9 Å². The number of carbonyl (C=O) groups is 1. The number of fused-ring (bicyclic) bond motifs is 1. The minimum absolute atomic E-state index is 0.215. The van der Waals surface area contributed by atoms with Crippen molar-refractivity contribution in [2.45, 2.75) is 83.7 Å². The van der Waals surface area contributed by atoms with E-state index >= 15 is 0 Å². The monoisotopic (exact) mass is 378 g/mol. The number of nitrogens with zero attached hydrogens (tertiary/aromatic N) is 3. The van der Waals surface area contributed by atoms with Crippen LogP contribution in [0.3, 0.4) is 0 Å². The van der Waals surface area contributed by atoms with E-state index in [2.05, 4.69) is 41.9 Å². The van der Waals surface area contributed by atoms with Gasteiger partial charge in [0.1, 0.15) is 6.73 Å². The van der Waals surface area contributed by atoms with Gasteiger partial charge in [-0.15, -0.1) is 0 Å². The summed E-state index contributed by atoms with van der Waals surface area (Å²) in [4.78, 5) is 14.6. The second-order valence-corrected chi connectivity index (χ2v) is 14.6. The van der Waals surface area contributed by atoms with Crippen LogP contribution < -0.4 is 5.32 Å². The summed E-state index contributed by atoms with van der Waals surface area (Å²) >= 11 is 0. The van der Waals surface area contributed by atoms with Crippen molar-refractivity contribution in [1.82, 2.24) is 20.0 Å². The Bertz CT molecular complexity index is 626. The van der Waals surface area contributed by atoms with Gasteiger partial charge in [-0.2, -0.15) is 5.10 Å². The van der Waals surface area contributed by atoms with Gasteiger partial charge in [0.2, 0.25) is 5.91 Å². The molecule has 1 amide bonds. The minimum Gasteiger partial charge on any atom is -0.360 e. The van der Waals surface area contributed by atoms with E-state index in [0.717, 1.165) is 24.3 Å². The summed E-state index contributed by atoms with van der Waals surface area (Å²) in [5.74, 6) is 0.215. The summed E-state index contributed by atoms with van der Waals surface area (Å²) in [6, 6.07) is 1.96. The van der Waals surface area contributed by atoms with E-state index in [1.54, 1.807) is 0 Å². The van der Waals surface area contributed by atoms with Crippen molar-refractivity contribution in [3.63, 3.8) is 0 Å². The molecule has 0 unspecified atom stereocenters. The van der Waals surface area contributed by atoms with Crippen molar-refractivity contribution in [1.29, 1.82) is 0 Å². The predicted molar refractivity (Wildman–Crippen MR) is 106 cm³/mol. The van der Waals surface area contributed by atoms with Gasteiger partial charge in [-0.1, -0.05) is 32.5 Å². The lowest BCUT2D eigenvalue weighted by molar-refractivity contribution is -0.138. The first-order valence-electron chi connectivity index (χ1n) is 9.97. The van der Waals surface area contributed by atoms with Gasteiger partial charge in [-0.25, -0.2) is 4.68 Å². The summed E-state index contributed by atoms with van der Waals surface area (Å²) in [5, 5.41) is 7.92. The van der Waals surface area contributed by atoms with Crippen LogP contribution in [0.4, 0.5) is 0 Å². The smallest absolute Gasteiger partial charge is 0.237 e. The SMILES string of the molecule is Cc1c(CN2C(=O)CN[C@H]3CCCC[C@@H]32)cnn1COCC[Si](C)(C)C. The zero-order chi connectivity index (χ0) is 18.7. The molecule has 3 rings (SSSR count). The van der Waals surface area contributed by atoms with Gasteiger partial charge in [0, 0.05) is 44.6 Å². The zero-order valence-corrected chi connectivity index (χ0v) is 17.8. The van der Waals surface area contributed by atoms with Gasteiger partial charge < -0.3 is 15.0 Å². The number of rotatable bonds is 7. The maximum atomic E-state index is 12.5. The number of amides is 1. The van der Waals surface area contributed by atoms with Crippen LogP contribution in [-0.2, 0) is 22.8 Å². The number of nitrogens with one attached hydrogen (secondary N) is 1. The average molecular weight is 379 g/mol. The third-order valence-electron chi connectivity index (χ3n) is 5.72. The molecule has 1 saturated heterocycles. The topological polar surface area (TPSA) is 59.4 Å². The molecule has 2 fully saturated rings. The summed E-state index contributed by atoms with van der Waals surface area (Å²) in [6.07, 6.45) is 6.68. The predicted octanol–water partition coefficient (Wildman–Crippen LogP) is 2.75. The van der Waals surface area contributed by atoms with Gasteiger partial charge in [-0.05, 0) is 25.8 Å². The fourth-order valence-electron chi connectivity index (χ4n) is 3.92. The lowest BCUT2D eigenvalue weighted by Gasteiger charge is -2.44. The number of aromatic nitrogens is 2. The van der Waals surface area contributed by atoms with Crippen LogP contribution in [0.2, 0.25) is 25.7 Å². The molecule has 26 heavy (non-hydrogen) atoms. The molecule has 0 radical (unpaired) electrons. The lowest BCUT2D eigenvalue weighted by Crippen LogP contribution is -2.61. The Morgan fingerprint density at radius 2 is 2.08 bits per heavy atom. The van der Waals surface area contributed by atoms with E-state index in [0.29, 0.717) is 31.9 Å². The lowest BCUT2D eigenvalue weighted by atomic mass is 9.87. The molecule has 0 bridgehead atoms. The molecule has 1 aromatic rings. The van der Waals surface area contributed by atoms with E-state index in [4.69, 9.17) is 4.74 Å². The van der Waals surface area contributed by atoms with Crippen molar-refractivity contribution >= 4 is 14.0 Å². The summed E-state index contributed by atoms with van der Waals surface area (Å²) in [7, 11) is -1.06. The third kappa shape index (κ3) is 4.75. The molecule has 1 N–H and O–H groups in total. The van der Waals surface area contributed by atoms with Crippen molar-refractivity contribution in [3.05, 3.63) is 17.5 Å². The Labute approximate surface area is 158 Å². The highest BCUT2D eigenvalue weighted by molar-refractivity contribution is 6.76. The fraction of sp³-hybridized carbons (Fsp3) is 0.789. The molecule has 7 heteroatoms. The van der Waals surface area contributed by atoms with Gasteiger partial charge in [0.25, 0.3) is 0 Å². The normalized spacial score (nSPS) is 24.0. The molecule has 1 aromatic heterocycles. The standard InChI is InChI=1S/C19H34N4O2Si/c1-15-16(11-21-23(15)14-25-9-10-26(2,3)4)13-22-18-8-6-5-7-17(18)20-12-19(22)24/h11,17-18,20H,5-10,12-14H2,1-4H3/t17-,18-/m0/s1. The van der Waals surface area contributed by atoms with Crippen molar-refractivity contribution < 1.29 is 9.53 Å². The largest absolute Gasteiger partial charge is 0.360 e. The molecule has 1 aliphatic heterocycles. The highest BCUT2D eigenvalue weighted by Gasteiger charge is 2.37. The molecular weight excluding hydrogens is 344 g/mol. The first-order chi connectivity index (χ1) is 12.3. The van der Waals surface area contributed by atoms with Crippen LogP contribution in [0, 0.1) is 6.92 Å². The Morgan fingerprint density at radius 3 is 2.85 bits per heavy atom. The molecule has 2 aliphatic rings. The summed E-state index contributed by atoms with van der Waals surface area (Å²) in [5.41, 5.74) is 2.25. The van der Waals surface area contributed by atoms with E-state index in [1.807, 2.05) is 10.9 Å². The van der Waals surface area contributed by atoms with E-state index < -0.39 is 8.07 Å². The van der Waals surface area contributed by atoms with Crippen molar-refractivity contribution in [2.75, 3.05) is 13.2 Å². The van der Waals surface area contributed by atoms with E-state index in [-0.39, 0.29) is 5.91 Å². The molecule has 2 atom stereocenters. The highest BCUT2D eigenvalue weighted by atomic mass is 28.3. The molecular formula is C19H34N4O2Si. The Balaban J connectivity index is 1.59. The first kappa shape index (κ1) is 19.6. The van der Waals surface area contributed by atoms with Gasteiger partial charge in [-0.3, -0.25) is 4.79 Å². The Hall–Kier alpha value is -1.18. The third-order valence-corrected chi connectivity index (χ3v) is 7.43. The number of piperazine rings is 1. The van der Waals surface area contributed by atoms with Gasteiger partial charge >= 0.3 is 0 Å². The second-order valence-electron chi connectivity index (χ2n) is 8.96. The maximum Gasteiger partial charge on any atom is 0.237 e. The molecule has 1 aliphatic carbocycles. The molecule has 0 aromatic carbocycles. The van der Waals surface area contributed by atoms with Crippen LogP contribution in [0.5, 0.6) is 0 Å². The number of carbonyl (C=O) groups excluding carboxylic acids is 1. The molecule has 146 valence electrons. The van der Waals surface area contributed by atoms with E-state index in [9.17, 15) is 4.79 Å². The maximum absolute atomic E-state index is 12.5. The molecule has 2 heterocycles. The highest BCUT2D eigenvalue weighted by Crippen LogP contribution is 2.27. The average Bonchev–Trinajstić information content (AvgIpc) is 2.94. The Kier molecular flexibility index (Phi) is 6.20. The summed E-state index contributed by atoms with van der Waals surface area (Å²) in [6.45, 7) is 11.6. The van der Waals surface area contributed by atoms with E-state index in [1.165, 1.54) is 25.3 Å². The number of ether oxygens (including phenoxy) is 1. The summed E-state index contributed by atoms with van der Waals surface area (Å²) < 4.78 is 7.75. The number of hydrogen-bond acceptors (Lipinski definition) is 4. The minimum atomic E-state index is -1.06. The van der Waals surface area contributed by atoms with Crippen LogP contribution in [0.25, 0.3) is 0 Å².